The first-order valence-electron chi connectivity index (χ1n) is 18.2. The highest BCUT2D eigenvalue weighted by Crippen LogP contribution is 2.67. The number of likely N-dealkylation sites (tertiary alicyclic amines) is 1. The van der Waals surface area contributed by atoms with Crippen LogP contribution in [0.1, 0.15) is 53.9 Å². The monoisotopic (exact) mass is 702 g/mol. The molecule has 3 aliphatic rings. The maximum Gasteiger partial charge on any atom is 0.251 e. The van der Waals surface area contributed by atoms with Crippen molar-refractivity contribution in [3.8, 4) is 5.75 Å². The lowest BCUT2D eigenvalue weighted by molar-refractivity contribution is -0.143. The van der Waals surface area contributed by atoms with E-state index in [0.717, 1.165) is 37.3 Å². The Morgan fingerprint density at radius 1 is 0.960 bits per heavy atom. The van der Waals surface area contributed by atoms with Crippen LogP contribution in [0.3, 0.4) is 0 Å². The zero-order valence-corrected chi connectivity index (χ0v) is 31.1. The number of hydrogen-bond acceptors (Lipinski definition) is 7. The molecule has 9 nitrogen and oxygen atoms in total. The Kier molecular flexibility index (Phi) is 12.0. The second kappa shape index (κ2) is 16.1. The summed E-state index contributed by atoms with van der Waals surface area (Å²) >= 11 is 1.64. The minimum Gasteiger partial charge on any atom is -0.494 e. The number of amides is 3. The number of thioether (sulfide) groups is 1. The number of rotatable bonds is 17. The fourth-order valence-corrected chi connectivity index (χ4v) is 10.6. The number of aliphatic hydroxyl groups is 1. The number of hydrogen-bond donors (Lipinski definition) is 1. The van der Waals surface area contributed by atoms with Gasteiger partial charge in [-0.1, -0.05) is 32.4 Å². The predicted octanol–water partition coefficient (Wildman–Crippen LogP) is 6.17. The van der Waals surface area contributed by atoms with E-state index in [0.29, 0.717) is 24.5 Å². The molecule has 10 heteroatoms. The molecule has 0 aromatic heterocycles. The Hall–Kier alpha value is -3.76. The second-order valence-electron chi connectivity index (χ2n) is 13.5. The molecule has 3 amide bonds. The highest BCUT2D eigenvalue weighted by atomic mass is 32.2. The molecule has 2 aromatic carbocycles. The van der Waals surface area contributed by atoms with E-state index in [2.05, 4.69) is 31.9 Å². The summed E-state index contributed by atoms with van der Waals surface area (Å²) in [6.07, 6.45) is 5.49. The van der Waals surface area contributed by atoms with Crippen LogP contribution in [0.15, 0.2) is 73.8 Å². The number of nitrogens with zero attached hydrogens (tertiary/aromatic N) is 4. The van der Waals surface area contributed by atoms with Crippen molar-refractivity contribution in [3.05, 3.63) is 73.8 Å². The van der Waals surface area contributed by atoms with Crippen molar-refractivity contribution in [3.63, 3.8) is 0 Å². The maximum atomic E-state index is 15.2. The standard InChI is InChI=1S/C40H54N4O5S/c1-8-24-42(30-18-20-31(21-19-30)49-13-6)37(46)34-33-22-23-40(50-33)35(34)38(47)44(32(26-45)27(7)10-3)36(40)39(48)43(25-9-2)29-16-14-28(15-17-29)41(11-4)12-5/h8-9,14-21,27,32-36,45H,1-2,10-13,22-26H2,3-7H3/t27-,32-,33+,34-,35-,36?,40?/m0/s1. The molecule has 0 aliphatic carbocycles. The summed E-state index contributed by atoms with van der Waals surface area (Å²) in [4.78, 5) is 52.2. The molecule has 1 spiro atoms. The van der Waals surface area contributed by atoms with E-state index >= 15 is 4.79 Å². The Balaban J connectivity index is 1.57. The smallest absolute Gasteiger partial charge is 0.251 e. The molecule has 3 heterocycles. The fraction of sp³-hybridized carbons (Fsp3) is 0.525. The Morgan fingerprint density at radius 3 is 2.04 bits per heavy atom. The van der Waals surface area contributed by atoms with Crippen LogP contribution in [-0.4, -0.2) is 89.2 Å². The summed E-state index contributed by atoms with van der Waals surface area (Å²) in [6.45, 7) is 20.6. The molecule has 2 aromatic rings. The van der Waals surface area contributed by atoms with Crippen molar-refractivity contribution < 1.29 is 24.2 Å². The first-order chi connectivity index (χ1) is 24.2. The van der Waals surface area contributed by atoms with E-state index in [1.807, 2.05) is 69.3 Å². The minimum absolute atomic E-state index is 0.0619. The van der Waals surface area contributed by atoms with Crippen molar-refractivity contribution in [2.75, 3.05) is 54.1 Å². The first-order valence-corrected chi connectivity index (χ1v) is 19.1. The van der Waals surface area contributed by atoms with E-state index in [-0.39, 0.29) is 48.6 Å². The van der Waals surface area contributed by atoms with E-state index in [1.54, 1.807) is 38.6 Å². The van der Waals surface area contributed by atoms with Crippen LogP contribution in [0, 0.1) is 17.8 Å². The van der Waals surface area contributed by atoms with Gasteiger partial charge in [0.05, 0.1) is 35.8 Å². The molecule has 1 N–H and O–H groups in total. The molecule has 3 aliphatic heterocycles. The van der Waals surface area contributed by atoms with Gasteiger partial charge in [0.2, 0.25) is 11.8 Å². The third-order valence-corrected chi connectivity index (χ3v) is 13.0. The first kappa shape index (κ1) is 37.5. The van der Waals surface area contributed by atoms with Gasteiger partial charge < -0.3 is 29.4 Å². The van der Waals surface area contributed by atoms with Gasteiger partial charge in [-0.05, 0) is 88.1 Å². The van der Waals surface area contributed by atoms with E-state index in [4.69, 9.17) is 4.74 Å². The average Bonchev–Trinajstić information content (AvgIpc) is 3.78. The van der Waals surface area contributed by atoms with E-state index < -0.39 is 28.7 Å². The lowest BCUT2D eigenvalue weighted by Crippen LogP contribution is -2.58. The Labute approximate surface area is 302 Å². The zero-order valence-electron chi connectivity index (χ0n) is 30.3. The summed E-state index contributed by atoms with van der Waals surface area (Å²) in [6, 6.07) is 14.0. The average molecular weight is 703 g/mol. The van der Waals surface area contributed by atoms with Gasteiger partial charge in [-0.25, -0.2) is 0 Å². The SMILES string of the molecule is C=CCN(C(=O)C1N([C@@H](CO)[C@@H](C)CC)C(=O)[C@@H]2[C@@H](C(=O)N(CC=C)c3ccc(OCC)cc3)[C@H]3CCC12S3)c1ccc(N(CC)CC)cc1. The molecule has 2 bridgehead atoms. The number of carbonyl (C=O) groups excluding carboxylic acids is 3. The van der Waals surface area contributed by atoms with Crippen molar-refractivity contribution in [1.82, 2.24) is 4.90 Å². The molecule has 2 unspecified atom stereocenters. The quantitative estimate of drug-likeness (QED) is 0.197. The third kappa shape index (κ3) is 6.57. The number of anilines is 3. The van der Waals surface area contributed by atoms with E-state index in [9.17, 15) is 14.7 Å². The lowest BCUT2D eigenvalue weighted by atomic mass is 9.70. The second-order valence-corrected chi connectivity index (χ2v) is 15.1. The van der Waals surface area contributed by atoms with Crippen LogP contribution in [0.4, 0.5) is 17.1 Å². The number of fused-ring (bicyclic) bond motifs is 1. The molecule has 50 heavy (non-hydrogen) atoms. The van der Waals surface area contributed by atoms with Gasteiger partial charge >= 0.3 is 0 Å². The topological polar surface area (TPSA) is 93.6 Å². The van der Waals surface area contributed by atoms with Crippen molar-refractivity contribution in [1.29, 1.82) is 0 Å². The molecule has 270 valence electrons. The summed E-state index contributed by atoms with van der Waals surface area (Å²) in [5, 5.41) is 10.7. The van der Waals surface area contributed by atoms with Gasteiger partial charge in [0, 0.05) is 48.5 Å². The number of aliphatic hydroxyl groups excluding tert-OH is 1. The van der Waals surface area contributed by atoms with Crippen LogP contribution in [0.25, 0.3) is 0 Å². The Bertz CT molecular complexity index is 1530. The van der Waals surface area contributed by atoms with Gasteiger partial charge in [0.25, 0.3) is 5.91 Å². The van der Waals surface area contributed by atoms with Crippen molar-refractivity contribution >= 4 is 46.5 Å². The molecular weight excluding hydrogens is 649 g/mol. The number of ether oxygens (including phenoxy) is 1. The molecular formula is C40H54N4O5S. The van der Waals surface area contributed by atoms with E-state index in [1.165, 1.54) is 0 Å². The van der Waals surface area contributed by atoms with Crippen LogP contribution in [-0.2, 0) is 14.4 Å². The van der Waals surface area contributed by atoms with Crippen LogP contribution in [0.5, 0.6) is 5.75 Å². The molecule has 5 rings (SSSR count). The molecule has 7 atom stereocenters. The lowest BCUT2D eigenvalue weighted by Gasteiger charge is -2.41. The van der Waals surface area contributed by atoms with Gasteiger partial charge in [-0.3, -0.25) is 14.4 Å². The van der Waals surface area contributed by atoms with Crippen LogP contribution < -0.4 is 19.4 Å². The van der Waals surface area contributed by atoms with Gasteiger partial charge in [0.15, 0.2) is 0 Å². The highest BCUT2D eigenvalue weighted by Gasteiger charge is 2.75. The summed E-state index contributed by atoms with van der Waals surface area (Å²) < 4.78 is 4.83. The molecule has 3 fully saturated rings. The molecule has 0 radical (unpaired) electrons. The largest absolute Gasteiger partial charge is 0.494 e. The highest BCUT2D eigenvalue weighted by molar-refractivity contribution is 8.02. The van der Waals surface area contributed by atoms with Gasteiger partial charge in [-0.2, -0.15) is 0 Å². The third-order valence-electron chi connectivity index (χ3n) is 11.0. The number of carbonyl (C=O) groups is 3. The normalized spacial score (nSPS) is 24.8. The summed E-state index contributed by atoms with van der Waals surface area (Å²) in [5.74, 6) is -1.22. The van der Waals surface area contributed by atoms with Crippen molar-refractivity contribution in [2.45, 2.75) is 76.0 Å². The fourth-order valence-electron chi connectivity index (χ4n) is 8.38. The van der Waals surface area contributed by atoms with Crippen molar-refractivity contribution in [2.24, 2.45) is 17.8 Å². The predicted molar refractivity (Wildman–Crippen MR) is 204 cm³/mol. The number of benzene rings is 2. The van der Waals surface area contributed by atoms with Gasteiger partial charge in [-0.15, -0.1) is 24.9 Å². The molecule has 3 saturated heterocycles. The minimum atomic E-state index is -0.848. The van der Waals surface area contributed by atoms with Crippen LogP contribution >= 0.6 is 11.8 Å². The maximum absolute atomic E-state index is 15.2. The Morgan fingerprint density at radius 2 is 1.52 bits per heavy atom. The summed E-state index contributed by atoms with van der Waals surface area (Å²) in [5.41, 5.74) is 2.49. The summed E-state index contributed by atoms with van der Waals surface area (Å²) in [7, 11) is 0. The van der Waals surface area contributed by atoms with Crippen LogP contribution in [0.2, 0.25) is 0 Å². The van der Waals surface area contributed by atoms with Gasteiger partial charge in [0.1, 0.15) is 11.8 Å². The molecule has 0 saturated carbocycles. The zero-order chi connectivity index (χ0) is 36.2.